The van der Waals surface area contributed by atoms with Crippen molar-refractivity contribution < 1.29 is 48.3 Å². The zero-order valence-corrected chi connectivity index (χ0v) is 34.8. The van der Waals surface area contributed by atoms with Crippen LogP contribution in [0.3, 0.4) is 0 Å². The largest absolute Gasteiger partial charge is 0.491 e. The van der Waals surface area contributed by atoms with Gasteiger partial charge in [0.25, 0.3) is 0 Å². The summed E-state index contributed by atoms with van der Waals surface area (Å²) in [6.07, 6.45) is -2.01. The number of imide groups is 1. The highest BCUT2D eigenvalue weighted by Crippen LogP contribution is 2.66. The SMILES string of the molecule is COCCOC(=O)N1C(=O)C2(c3cc(C#CCN(C)Cc4ccccc4)ccc31)C(C(=O)O)C1C(=O)OC(c3ccccc3)C(c3ccccc3)N1C2c1ccccc1OCCO. The third-order valence-corrected chi connectivity index (χ3v) is 11.9. The van der Waals surface area contributed by atoms with Crippen LogP contribution in [0.2, 0.25) is 0 Å². The van der Waals surface area contributed by atoms with E-state index in [0.29, 0.717) is 35.3 Å². The molecule has 2 fully saturated rings. The number of methoxy groups -OCH3 is 1. The minimum atomic E-state index is -2.20. The van der Waals surface area contributed by atoms with Gasteiger partial charge < -0.3 is 29.2 Å². The Morgan fingerprint density at radius 2 is 1.49 bits per heavy atom. The van der Waals surface area contributed by atoms with Gasteiger partial charge in [0, 0.05) is 24.8 Å². The first kappa shape index (κ1) is 42.9. The van der Waals surface area contributed by atoms with Crippen molar-refractivity contribution in [3.63, 3.8) is 0 Å². The first-order valence-corrected chi connectivity index (χ1v) is 20.7. The molecule has 3 aliphatic rings. The number of nitrogens with zero attached hydrogens (tertiary/aromatic N) is 3. The maximum absolute atomic E-state index is 15.9. The summed E-state index contributed by atoms with van der Waals surface area (Å²) in [7, 11) is 3.39. The molecular formula is C50H47N3O10. The highest BCUT2D eigenvalue weighted by molar-refractivity contribution is 6.23. The molecule has 0 aromatic heterocycles. The topological polar surface area (TPSA) is 155 Å². The fourth-order valence-corrected chi connectivity index (χ4v) is 9.41. The Balaban J connectivity index is 1.38. The van der Waals surface area contributed by atoms with Gasteiger partial charge in [-0.15, -0.1) is 0 Å². The molecule has 5 aromatic carbocycles. The molecule has 0 saturated carbocycles. The van der Waals surface area contributed by atoms with Crippen molar-refractivity contribution in [3.05, 3.63) is 167 Å². The van der Waals surface area contributed by atoms with Gasteiger partial charge in [-0.05, 0) is 53.6 Å². The molecule has 2 saturated heterocycles. The smallest absolute Gasteiger partial charge is 0.421 e. The van der Waals surface area contributed by atoms with Gasteiger partial charge in [0.2, 0.25) is 5.91 Å². The molecular weight excluding hydrogens is 803 g/mol. The number of aliphatic carboxylic acids is 1. The Morgan fingerprint density at radius 3 is 2.17 bits per heavy atom. The van der Waals surface area contributed by atoms with E-state index in [1.54, 1.807) is 47.4 Å². The van der Waals surface area contributed by atoms with Crippen LogP contribution in [0.4, 0.5) is 10.5 Å². The number of cyclic esters (lactones) is 1. The second-order valence-corrected chi connectivity index (χ2v) is 15.7. The number of ether oxygens (including phenoxy) is 4. The third-order valence-electron chi connectivity index (χ3n) is 11.9. The molecule has 2 N–H and O–H groups in total. The predicted octanol–water partition coefficient (Wildman–Crippen LogP) is 6.07. The lowest BCUT2D eigenvalue weighted by Gasteiger charge is -2.46. The first-order valence-electron chi connectivity index (χ1n) is 20.7. The molecule has 3 heterocycles. The number of carboxylic acids is 1. The summed E-state index contributed by atoms with van der Waals surface area (Å²) >= 11 is 0. The van der Waals surface area contributed by atoms with Crippen LogP contribution in [0, 0.1) is 17.8 Å². The van der Waals surface area contributed by atoms with Crippen LogP contribution in [0.25, 0.3) is 0 Å². The molecule has 0 radical (unpaired) electrons. The standard InChI is InChI=1S/C50H47N3O10/c1-51(32-34-15-6-3-7-16-34)26-14-17-33-24-25-39-38(31-33)50(48(58)52(39)49(59)62-30-29-60-2)41(46(55)56)43-47(57)63-44(36-20-10-5-11-21-36)42(35-18-8-4-9-19-35)53(43)45(50)37-22-12-13-23-40(37)61-28-27-54/h3-13,15-16,18-25,31,41-45,54H,26-30,32H2,1-2H3,(H,55,56). The van der Waals surface area contributed by atoms with Gasteiger partial charge in [-0.3, -0.25) is 24.2 Å². The average Bonchev–Trinajstić information content (AvgIpc) is 3.75. The molecule has 0 aliphatic carbocycles. The van der Waals surface area contributed by atoms with E-state index in [0.717, 1.165) is 10.5 Å². The first-order chi connectivity index (χ1) is 30.7. The summed E-state index contributed by atoms with van der Waals surface area (Å²) < 4.78 is 23.2. The quantitative estimate of drug-likeness (QED) is 0.0803. The number of para-hydroxylation sites is 1. The average molecular weight is 850 g/mol. The summed E-state index contributed by atoms with van der Waals surface area (Å²) in [5.41, 5.74) is 1.30. The van der Waals surface area contributed by atoms with E-state index in [2.05, 4.69) is 11.8 Å². The van der Waals surface area contributed by atoms with Crippen LogP contribution < -0.4 is 9.64 Å². The number of hydrogen-bond donors (Lipinski definition) is 2. The van der Waals surface area contributed by atoms with Crippen molar-refractivity contribution in [3.8, 4) is 17.6 Å². The molecule has 322 valence electrons. The molecule has 13 nitrogen and oxygen atoms in total. The van der Waals surface area contributed by atoms with E-state index < -0.39 is 59.5 Å². The molecule has 8 rings (SSSR count). The number of morpholine rings is 1. The van der Waals surface area contributed by atoms with Gasteiger partial charge in [0.15, 0.2) is 0 Å². The number of carbonyl (C=O) groups is 4. The fraction of sp³-hybridized carbons (Fsp3) is 0.280. The number of carboxylic acid groups (broad SMARTS) is 1. The Kier molecular flexibility index (Phi) is 12.7. The number of amides is 2. The highest BCUT2D eigenvalue weighted by Gasteiger charge is 2.76. The van der Waals surface area contributed by atoms with E-state index in [9.17, 15) is 24.6 Å². The molecule has 1 spiro atoms. The number of anilines is 1. The number of aliphatic hydroxyl groups is 1. The van der Waals surface area contributed by atoms with E-state index in [4.69, 9.17) is 18.9 Å². The van der Waals surface area contributed by atoms with Crippen molar-refractivity contribution >= 4 is 29.6 Å². The second kappa shape index (κ2) is 18.7. The molecule has 6 unspecified atom stereocenters. The van der Waals surface area contributed by atoms with Crippen molar-refractivity contribution in [2.45, 2.75) is 36.2 Å². The van der Waals surface area contributed by atoms with Gasteiger partial charge >= 0.3 is 18.0 Å². The lowest BCUT2D eigenvalue weighted by Crippen LogP contribution is -2.53. The monoisotopic (exact) mass is 849 g/mol. The second-order valence-electron chi connectivity index (χ2n) is 15.7. The molecule has 6 atom stereocenters. The number of hydrogen-bond acceptors (Lipinski definition) is 11. The molecule has 13 heteroatoms. The Morgan fingerprint density at radius 1 is 0.825 bits per heavy atom. The van der Waals surface area contributed by atoms with Crippen molar-refractivity contribution in [1.29, 1.82) is 0 Å². The number of aliphatic hydroxyl groups excluding tert-OH is 1. The predicted molar refractivity (Wildman–Crippen MR) is 231 cm³/mol. The molecule has 2 amide bonds. The van der Waals surface area contributed by atoms with Crippen LogP contribution in [0.1, 0.15) is 51.6 Å². The van der Waals surface area contributed by atoms with Gasteiger partial charge in [-0.1, -0.05) is 121 Å². The van der Waals surface area contributed by atoms with Crippen molar-refractivity contribution in [2.75, 3.05) is 52.0 Å². The van der Waals surface area contributed by atoms with E-state index in [-0.39, 0.29) is 43.4 Å². The van der Waals surface area contributed by atoms with Crippen LogP contribution in [-0.4, -0.2) is 97.1 Å². The Bertz CT molecular complexity index is 2530. The zero-order chi connectivity index (χ0) is 44.1. The number of benzene rings is 5. The number of carbonyl (C=O) groups excluding carboxylic acids is 3. The van der Waals surface area contributed by atoms with Crippen molar-refractivity contribution in [1.82, 2.24) is 9.80 Å². The number of esters is 1. The highest BCUT2D eigenvalue weighted by atomic mass is 16.6. The zero-order valence-electron chi connectivity index (χ0n) is 34.8. The fourth-order valence-electron chi connectivity index (χ4n) is 9.41. The van der Waals surface area contributed by atoms with Crippen LogP contribution in [0.15, 0.2) is 133 Å². The molecule has 5 aromatic rings. The molecule has 0 bridgehead atoms. The minimum Gasteiger partial charge on any atom is -0.491 e. The van der Waals surface area contributed by atoms with Crippen LogP contribution in [-0.2, 0) is 40.6 Å². The Hall–Kier alpha value is -6.82. The van der Waals surface area contributed by atoms with Gasteiger partial charge in [-0.25, -0.2) is 9.69 Å². The minimum absolute atomic E-state index is 0.0380. The summed E-state index contributed by atoms with van der Waals surface area (Å²) in [5.74, 6) is 1.62. The third kappa shape index (κ3) is 7.94. The maximum atomic E-state index is 15.9. The van der Waals surface area contributed by atoms with Crippen LogP contribution >= 0.6 is 0 Å². The number of rotatable bonds is 13. The summed E-state index contributed by atoms with van der Waals surface area (Å²) in [6, 6.07) is 36.4. The summed E-state index contributed by atoms with van der Waals surface area (Å²) in [4.78, 5) is 64.0. The van der Waals surface area contributed by atoms with E-state index >= 15 is 4.79 Å². The summed E-state index contributed by atoms with van der Waals surface area (Å²) in [6.45, 7) is 0.411. The Labute approximate surface area is 365 Å². The maximum Gasteiger partial charge on any atom is 0.421 e. The number of fused-ring (bicyclic) bond motifs is 3. The summed E-state index contributed by atoms with van der Waals surface area (Å²) in [5, 5.41) is 21.5. The van der Waals surface area contributed by atoms with Gasteiger partial charge in [0.05, 0.1) is 37.5 Å². The van der Waals surface area contributed by atoms with E-state index in [1.807, 2.05) is 103 Å². The lowest BCUT2D eigenvalue weighted by molar-refractivity contribution is -0.179. The lowest BCUT2D eigenvalue weighted by atomic mass is 9.65. The van der Waals surface area contributed by atoms with E-state index in [1.165, 1.54) is 7.11 Å². The molecule has 63 heavy (non-hydrogen) atoms. The van der Waals surface area contributed by atoms with Crippen molar-refractivity contribution in [2.24, 2.45) is 5.92 Å². The molecule has 3 aliphatic heterocycles. The normalized spacial score (nSPS) is 22.5. The van der Waals surface area contributed by atoms with Gasteiger partial charge in [-0.2, -0.15) is 0 Å². The van der Waals surface area contributed by atoms with Gasteiger partial charge in [0.1, 0.15) is 42.4 Å². The van der Waals surface area contributed by atoms with Crippen LogP contribution in [0.5, 0.6) is 5.75 Å².